The molecule has 2 heterocycles. The first-order chi connectivity index (χ1) is 14.1. The van der Waals surface area contributed by atoms with Crippen molar-refractivity contribution < 1.29 is 23.4 Å². The summed E-state index contributed by atoms with van der Waals surface area (Å²) < 4.78 is 22.4. The van der Waals surface area contributed by atoms with Gasteiger partial charge in [-0.15, -0.1) is 0 Å². The third-order valence-electron chi connectivity index (χ3n) is 4.70. The number of rotatable bonds is 6. The second-order valence-electron chi connectivity index (χ2n) is 6.80. The molecule has 29 heavy (non-hydrogen) atoms. The van der Waals surface area contributed by atoms with Crippen molar-refractivity contribution in [3.63, 3.8) is 0 Å². The van der Waals surface area contributed by atoms with Crippen molar-refractivity contribution in [2.24, 2.45) is 5.73 Å². The smallest absolute Gasteiger partial charge is 0.255 e. The maximum absolute atomic E-state index is 13.2. The molecule has 1 aliphatic rings. The third kappa shape index (κ3) is 3.76. The number of carbonyl (C=O) groups excluding carboxylic acids is 1. The lowest BCUT2D eigenvalue weighted by Crippen LogP contribution is -2.20. The summed E-state index contributed by atoms with van der Waals surface area (Å²) in [6.45, 7) is 2.76. The zero-order valence-corrected chi connectivity index (χ0v) is 16.0. The van der Waals surface area contributed by atoms with Crippen LogP contribution >= 0.6 is 0 Å². The van der Waals surface area contributed by atoms with E-state index in [2.05, 4.69) is 0 Å². The summed E-state index contributed by atoms with van der Waals surface area (Å²) in [5.41, 5.74) is 7.36. The van der Waals surface area contributed by atoms with Gasteiger partial charge in [0.1, 0.15) is 30.8 Å². The van der Waals surface area contributed by atoms with E-state index in [1.54, 1.807) is 24.3 Å². The summed E-state index contributed by atoms with van der Waals surface area (Å²) in [4.78, 5) is 24.3. The van der Waals surface area contributed by atoms with Crippen molar-refractivity contribution in [1.82, 2.24) is 0 Å². The Kier molecular flexibility index (Phi) is 5.12. The second-order valence-corrected chi connectivity index (χ2v) is 6.80. The normalized spacial score (nSPS) is 12.7. The molecule has 0 saturated carbocycles. The van der Waals surface area contributed by atoms with E-state index in [1.165, 1.54) is 6.26 Å². The van der Waals surface area contributed by atoms with E-state index in [-0.39, 0.29) is 12.0 Å². The van der Waals surface area contributed by atoms with Gasteiger partial charge in [-0.25, -0.2) is 0 Å². The highest BCUT2D eigenvalue weighted by Gasteiger charge is 2.17. The summed E-state index contributed by atoms with van der Waals surface area (Å²) in [5.74, 6) is 1.19. The Morgan fingerprint density at radius 3 is 2.69 bits per heavy atom. The van der Waals surface area contributed by atoms with Crippen molar-refractivity contribution >= 4 is 16.9 Å². The van der Waals surface area contributed by atoms with E-state index < -0.39 is 5.91 Å². The van der Waals surface area contributed by atoms with Crippen LogP contribution in [0.5, 0.6) is 17.2 Å². The molecule has 0 aliphatic carbocycles. The Morgan fingerprint density at radius 1 is 1.14 bits per heavy atom. The number of amides is 1. The van der Waals surface area contributed by atoms with Gasteiger partial charge >= 0.3 is 0 Å². The number of carbonyl (C=O) groups is 1. The molecular weight excluding hydrogens is 374 g/mol. The van der Waals surface area contributed by atoms with Crippen molar-refractivity contribution in [3.8, 4) is 28.4 Å². The fourth-order valence-corrected chi connectivity index (χ4v) is 3.36. The van der Waals surface area contributed by atoms with Crippen LogP contribution < -0.4 is 25.4 Å². The minimum absolute atomic E-state index is 0.151. The molecule has 0 saturated heterocycles. The molecule has 0 unspecified atom stereocenters. The number of primary amides is 1. The molecule has 0 spiro atoms. The summed E-state index contributed by atoms with van der Waals surface area (Å²) >= 11 is 0. The Balaban J connectivity index is 1.79. The van der Waals surface area contributed by atoms with E-state index >= 15 is 0 Å². The number of hydrogen-bond acceptors (Lipinski definition) is 6. The lowest BCUT2D eigenvalue weighted by Gasteiger charge is -2.18. The maximum atomic E-state index is 13.2. The van der Waals surface area contributed by atoms with Crippen LogP contribution in [0.15, 0.2) is 45.8 Å². The average Bonchev–Trinajstić information content (AvgIpc) is 2.73. The van der Waals surface area contributed by atoms with Crippen LogP contribution in [0.25, 0.3) is 22.1 Å². The van der Waals surface area contributed by atoms with E-state index in [4.69, 9.17) is 24.4 Å². The molecule has 2 aromatic carbocycles. The van der Waals surface area contributed by atoms with Crippen molar-refractivity contribution in [1.29, 1.82) is 0 Å². The van der Waals surface area contributed by atoms with Crippen LogP contribution in [-0.4, -0.2) is 25.7 Å². The average molecular weight is 395 g/mol. The SMILES string of the molecule is CCCc1cc2c(=O)c(-c3ccc4c(c3)OCCO4)coc2cc1OCC(N)=O. The summed E-state index contributed by atoms with van der Waals surface area (Å²) in [5, 5.41) is 0.451. The van der Waals surface area contributed by atoms with Crippen LogP contribution in [0.4, 0.5) is 0 Å². The number of benzene rings is 2. The molecular formula is C22H21NO6. The molecule has 0 atom stereocenters. The lowest BCUT2D eigenvalue weighted by molar-refractivity contribution is -0.119. The second kappa shape index (κ2) is 7.87. The van der Waals surface area contributed by atoms with Gasteiger partial charge in [-0.05, 0) is 35.7 Å². The van der Waals surface area contributed by atoms with Crippen LogP contribution in [0.2, 0.25) is 0 Å². The van der Waals surface area contributed by atoms with Gasteiger partial charge in [-0.3, -0.25) is 9.59 Å². The highest BCUT2D eigenvalue weighted by Crippen LogP contribution is 2.34. The molecule has 2 N–H and O–H groups in total. The molecule has 1 amide bonds. The molecule has 4 rings (SSSR count). The number of ether oxygens (including phenoxy) is 3. The fourth-order valence-electron chi connectivity index (χ4n) is 3.36. The van der Waals surface area contributed by atoms with Gasteiger partial charge < -0.3 is 24.4 Å². The first kappa shape index (κ1) is 18.9. The van der Waals surface area contributed by atoms with Gasteiger partial charge in [0.2, 0.25) is 5.43 Å². The van der Waals surface area contributed by atoms with Crippen molar-refractivity contribution in [3.05, 3.63) is 52.4 Å². The molecule has 1 aromatic heterocycles. The number of fused-ring (bicyclic) bond motifs is 2. The van der Waals surface area contributed by atoms with E-state index in [9.17, 15) is 9.59 Å². The third-order valence-corrected chi connectivity index (χ3v) is 4.70. The van der Waals surface area contributed by atoms with Gasteiger partial charge in [0.05, 0.1) is 10.9 Å². The Bertz CT molecular complexity index is 1130. The molecule has 1 aliphatic heterocycles. The quantitative estimate of drug-likeness (QED) is 0.688. The highest BCUT2D eigenvalue weighted by atomic mass is 16.6. The molecule has 7 nitrogen and oxygen atoms in total. The van der Waals surface area contributed by atoms with Gasteiger partial charge in [-0.1, -0.05) is 19.4 Å². The van der Waals surface area contributed by atoms with Crippen LogP contribution in [0.1, 0.15) is 18.9 Å². The van der Waals surface area contributed by atoms with Crippen LogP contribution in [-0.2, 0) is 11.2 Å². The molecule has 3 aromatic rings. The maximum Gasteiger partial charge on any atom is 0.255 e. The monoisotopic (exact) mass is 395 g/mol. The largest absolute Gasteiger partial charge is 0.486 e. The van der Waals surface area contributed by atoms with Gasteiger partial charge in [0.25, 0.3) is 5.91 Å². The summed E-state index contributed by atoms with van der Waals surface area (Å²) in [6.07, 6.45) is 2.97. The van der Waals surface area contributed by atoms with Gasteiger partial charge in [-0.2, -0.15) is 0 Å². The van der Waals surface area contributed by atoms with E-state index in [0.717, 1.165) is 12.0 Å². The van der Waals surface area contributed by atoms with E-state index in [0.29, 0.717) is 59.0 Å². The minimum atomic E-state index is -0.567. The Labute approximate surface area is 167 Å². The fraction of sp³-hybridized carbons (Fsp3) is 0.273. The Morgan fingerprint density at radius 2 is 1.93 bits per heavy atom. The van der Waals surface area contributed by atoms with Crippen LogP contribution in [0.3, 0.4) is 0 Å². The zero-order valence-electron chi connectivity index (χ0n) is 16.0. The molecule has 0 radical (unpaired) electrons. The van der Waals surface area contributed by atoms with Gasteiger partial charge in [0.15, 0.2) is 18.1 Å². The minimum Gasteiger partial charge on any atom is -0.486 e. The zero-order chi connectivity index (χ0) is 20.4. The van der Waals surface area contributed by atoms with E-state index in [1.807, 2.05) is 13.0 Å². The molecule has 7 heteroatoms. The predicted octanol–water partition coefficient (Wildman–Crippen LogP) is 3.05. The first-order valence-corrected chi connectivity index (χ1v) is 9.46. The number of nitrogens with two attached hydrogens (primary N) is 1. The van der Waals surface area contributed by atoms with Gasteiger partial charge in [0, 0.05) is 6.07 Å². The Hall–Kier alpha value is -3.48. The number of hydrogen-bond donors (Lipinski definition) is 1. The summed E-state index contributed by atoms with van der Waals surface area (Å²) in [6, 6.07) is 8.78. The lowest BCUT2D eigenvalue weighted by atomic mass is 10.0. The molecule has 150 valence electrons. The number of aryl methyl sites for hydroxylation is 1. The topological polar surface area (TPSA) is 101 Å². The standard InChI is InChI=1S/C22H21NO6/c1-2-3-14-8-15-19(10-18(14)29-12-21(23)24)28-11-16(22(15)25)13-4-5-17-20(9-13)27-7-6-26-17/h4-5,8-11H,2-3,6-7,12H2,1H3,(H2,23,24). The predicted molar refractivity (Wildman–Crippen MR) is 108 cm³/mol. The van der Waals surface area contributed by atoms with Crippen molar-refractivity contribution in [2.75, 3.05) is 19.8 Å². The summed E-state index contributed by atoms with van der Waals surface area (Å²) in [7, 11) is 0. The van der Waals surface area contributed by atoms with Crippen LogP contribution in [0, 0.1) is 0 Å². The molecule has 0 fully saturated rings. The highest BCUT2D eigenvalue weighted by molar-refractivity contribution is 5.84. The first-order valence-electron chi connectivity index (χ1n) is 9.46. The molecule has 0 bridgehead atoms. The van der Waals surface area contributed by atoms with Crippen molar-refractivity contribution in [2.45, 2.75) is 19.8 Å².